The standard InChI is InChI=1S/C17H22N4/c1-13-5-7-20(15(8-13)9-18)11-14-12-21-6-3-2-4-17(21)16(14)10-19/h2-4,6,12-13,15H,5,7-9,11,18H2,1H3. The number of nitrogens with zero attached hydrogens (tertiary/aromatic N) is 3. The molecular formula is C17H22N4. The average molecular weight is 282 g/mol. The van der Waals surface area contributed by atoms with Gasteiger partial charge in [0.1, 0.15) is 6.07 Å². The van der Waals surface area contributed by atoms with Crippen molar-refractivity contribution in [2.45, 2.75) is 32.4 Å². The average Bonchev–Trinajstić information content (AvgIpc) is 2.86. The van der Waals surface area contributed by atoms with E-state index in [0.717, 1.165) is 42.1 Å². The van der Waals surface area contributed by atoms with Gasteiger partial charge in [0, 0.05) is 37.1 Å². The Morgan fingerprint density at radius 2 is 2.29 bits per heavy atom. The second kappa shape index (κ2) is 5.88. The lowest BCUT2D eigenvalue weighted by molar-refractivity contribution is 0.115. The molecule has 2 aromatic heterocycles. The van der Waals surface area contributed by atoms with E-state index in [2.05, 4.69) is 24.1 Å². The van der Waals surface area contributed by atoms with Gasteiger partial charge in [0.15, 0.2) is 0 Å². The van der Waals surface area contributed by atoms with E-state index >= 15 is 0 Å². The first-order valence-corrected chi connectivity index (χ1v) is 7.65. The molecule has 1 aliphatic heterocycles. The Morgan fingerprint density at radius 3 is 3.05 bits per heavy atom. The van der Waals surface area contributed by atoms with Gasteiger partial charge in [0.05, 0.1) is 11.1 Å². The highest BCUT2D eigenvalue weighted by atomic mass is 15.2. The lowest BCUT2D eigenvalue weighted by Crippen LogP contribution is -2.45. The Morgan fingerprint density at radius 1 is 1.43 bits per heavy atom. The minimum atomic E-state index is 0.434. The predicted octanol–water partition coefficient (Wildman–Crippen LogP) is 2.37. The number of likely N-dealkylation sites (tertiary alicyclic amines) is 1. The van der Waals surface area contributed by atoms with Crippen molar-refractivity contribution in [1.82, 2.24) is 9.30 Å². The monoisotopic (exact) mass is 282 g/mol. The number of hydrogen-bond donors (Lipinski definition) is 1. The summed E-state index contributed by atoms with van der Waals surface area (Å²) in [6.45, 7) is 4.88. The molecule has 2 N–H and O–H groups in total. The molecule has 1 fully saturated rings. The summed E-state index contributed by atoms with van der Waals surface area (Å²) in [6.07, 6.45) is 6.45. The molecule has 3 rings (SSSR count). The molecule has 2 unspecified atom stereocenters. The first-order chi connectivity index (χ1) is 10.2. The zero-order valence-electron chi connectivity index (χ0n) is 12.5. The van der Waals surface area contributed by atoms with Crippen molar-refractivity contribution in [1.29, 1.82) is 5.26 Å². The molecule has 0 radical (unpaired) electrons. The zero-order chi connectivity index (χ0) is 14.8. The van der Waals surface area contributed by atoms with E-state index in [9.17, 15) is 5.26 Å². The van der Waals surface area contributed by atoms with Crippen LogP contribution in [-0.4, -0.2) is 28.4 Å². The van der Waals surface area contributed by atoms with Gasteiger partial charge in [-0.05, 0) is 37.4 Å². The van der Waals surface area contributed by atoms with Crippen LogP contribution in [0.15, 0.2) is 30.6 Å². The molecule has 0 bridgehead atoms. The Kier molecular flexibility index (Phi) is 3.96. The maximum Gasteiger partial charge on any atom is 0.102 e. The fourth-order valence-electron chi connectivity index (χ4n) is 3.40. The Bertz CT molecular complexity index is 667. The van der Waals surface area contributed by atoms with Gasteiger partial charge >= 0.3 is 0 Å². The molecule has 0 spiro atoms. The van der Waals surface area contributed by atoms with Crippen LogP contribution in [-0.2, 0) is 6.54 Å². The van der Waals surface area contributed by atoms with Crippen LogP contribution in [0, 0.1) is 17.2 Å². The van der Waals surface area contributed by atoms with E-state index in [0.29, 0.717) is 12.6 Å². The number of aromatic nitrogens is 1. The van der Waals surface area contributed by atoms with Crippen LogP contribution in [0.25, 0.3) is 5.52 Å². The van der Waals surface area contributed by atoms with Crippen LogP contribution in [0.5, 0.6) is 0 Å². The predicted molar refractivity (Wildman–Crippen MR) is 83.8 cm³/mol. The molecular weight excluding hydrogens is 260 g/mol. The molecule has 0 aromatic carbocycles. The number of pyridine rings is 1. The van der Waals surface area contributed by atoms with Crippen molar-refractivity contribution in [2.24, 2.45) is 11.7 Å². The van der Waals surface area contributed by atoms with Crippen molar-refractivity contribution in [3.63, 3.8) is 0 Å². The first-order valence-electron chi connectivity index (χ1n) is 7.65. The third-order valence-corrected chi connectivity index (χ3v) is 4.62. The molecule has 3 heterocycles. The van der Waals surface area contributed by atoms with Gasteiger partial charge in [0.2, 0.25) is 0 Å². The zero-order valence-corrected chi connectivity index (χ0v) is 12.5. The van der Waals surface area contributed by atoms with Crippen molar-refractivity contribution in [3.8, 4) is 6.07 Å². The molecule has 110 valence electrons. The molecule has 0 amide bonds. The van der Waals surface area contributed by atoms with Gasteiger partial charge in [-0.3, -0.25) is 4.90 Å². The Hall–Kier alpha value is -1.83. The number of piperidine rings is 1. The van der Waals surface area contributed by atoms with Gasteiger partial charge < -0.3 is 10.1 Å². The molecule has 2 atom stereocenters. The van der Waals surface area contributed by atoms with Crippen LogP contribution in [0.2, 0.25) is 0 Å². The maximum atomic E-state index is 9.49. The highest BCUT2D eigenvalue weighted by molar-refractivity contribution is 5.65. The van der Waals surface area contributed by atoms with Crippen molar-refractivity contribution in [2.75, 3.05) is 13.1 Å². The number of fused-ring (bicyclic) bond motifs is 1. The lowest BCUT2D eigenvalue weighted by atomic mass is 9.92. The quantitative estimate of drug-likeness (QED) is 0.940. The summed E-state index contributed by atoms with van der Waals surface area (Å²) in [6, 6.07) is 8.77. The molecule has 2 aromatic rings. The normalized spacial score (nSPS) is 23.3. The number of hydrogen-bond acceptors (Lipinski definition) is 3. The van der Waals surface area contributed by atoms with E-state index in [1.807, 2.05) is 28.8 Å². The van der Waals surface area contributed by atoms with E-state index in [1.165, 1.54) is 6.42 Å². The maximum absolute atomic E-state index is 9.49. The number of rotatable bonds is 3. The second-order valence-corrected chi connectivity index (χ2v) is 6.12. The summed E-state index contributed by atoms with van der Waals surface area (Å²) >= 11 is 0. The topological polar surface area (TPSA) is 57.5 Å². The SMILES string of the molecule is CC1CCN(Cc2cn3ccccc3c2C#N)C(CN)C1. The van der Waals surface area contributed by atoms with E-state index < -0.39 is 0 Å². The molecule has 0 saturated carbocycles. The van der Waals surface area contributed by atoms with Crippen LogP contribution >= 0.6 is 0 Å². The second-order valence-electron chi connectivity index (χ2n) is 6.12. The van der Waals surface area contributed by atoms with Crippen molar-refractivity contribution < 1.29 is 0 Å². The number of nitriles is 1. The van der Waals surface area contributed by atoms with Crippen molar-refractivity contribution in [3.05, 3.63) is 41.7 Å². The minimum absolute atomic E-state index is 0.434. The van der Waals surface area contributed by atoms with Crippen LogP contribution in [0.4, 0.5) is 0 Å². The minimum Gasteiger partial charge on any atom is -0.329 e. The van der Waals surface area contributed by atoms with Gasteiger partial charge in [-0.25, -0.2) is 0 Å². The fraction of sp³-hybridized carbons (Fsp3) is 0.471. The molecule has 1 aliphatic rings. The summed E-state index contributed by atoms with van der Waals surface area (Å²) in [4.78, 5) is 2.44. The van der Waals surface area contributed by atoms with E-state index in [4.69, 9.17) is 5.73 Å². The Labute approximate surface area is 125 Å². The van der Waals surface area contributed by atoms with Gasteiger partial charge in [0.25, 0.3) is 0 Å². The van der Waals surface area contributed by atoms with Gasteiger partial charge in [-0.1, -0.05) is 13.0 Å². The molecule has 0 aliphatic carbocycles. The molecule has 21 heavy (non-hydrogen) atoms. The summed E-state index contributed by atoms with van der Waals surface area (Å²) in [7, 11) is 0. The van der Waals surface area contributed by atoms with Gasteiger partial charge in [-0.2, -0.15) is 5.26 Å². The fourth-order valence-corrected chi connectivity index (χ4v) is 3.40. The van der Waals surface area contributed by atoms with Crippen LogP contribution < -0.4 is 5.73 Å². The van der Waals surface area contributed by atoms with Crippen LogP contribution in [0.1, 0.15) is 30.9 Å². The summed E-state index contributed by atoms with van der Waals surface area (Å²) in [5.74, 6) is 0.748. The number of nitrogens with two attached hydrogens (primary N) is 1. The Balaban J connectivity index is 1.89. The molecule has 1 saturated heterocycles. The molecule has 4 heteroatoms. The third kappa shape index (κ3) is 2.67. The van der Waals surface area contributed by atoms with E-state index in [-0.39, 0.29) is 0 Å². The summed E-state index contributed by atoms with van der Waals surface area (Å²) in [5.41, 5.74) is 8.84. The first kappa shape index (κ1) is 14.1. The van der Waals surface area contributed by atoms with Crippen LogP contribution in [0.3, 0.4) is 0 Å². The highest BCUT2D eigenvalue weighted by Crippen LogP contribution is 2.26. The third-order valence-electron chi connectivity index (χ3n) is 4.62. The largest absolute Gasteiger partial charge is 0.329 e. The summed E-state index contributed by atoms with van der Waals surface area (Å²) in [5, 5.41) is 9.49. The van der Waals surface area contributed by atoms with Gasteiger partial charge in [-0.15, -0.1) is 0 Å². The lowest BCUT2D eigenvalue weighted by Gasteiger charge is -2.37. The smallest absolute Gasteiger partial charge is 0.102 e. The highest BCUT2D eigenvalue weighted by Gasteiger charge is 2.26. The van der Waals surface area contributed by atoms with Crippen molar-refractivity contribution >= 4 is 5.52 Å². The van der Waals surface area contributed by atoms with E-state index in [1.54, 1.807) is 0 Å². The molecule has 4 nitrogen and oxygen atoms in total. The summed E-state index contributed by atoms with van der Waals surface area (Å²) < 4.78 is 2.04.